The summed E-state index contributed by atoms with van der Waals surface area (Å²) in [6.07, 6.45) is 10.2. The van der Waals surface area contributed by atoms with Gasteiger partial charge in [-0.25, -0.2) is 0 Å². The van der Waals surface area contributed by atoms with Crippen molar-refractivity contribution >= 4 is 11.8 Å². The lowest BCUT2D eigenvalue weighted by Crippen LogP contribution is -2.56. The van der Waals surface area contributed by atoms with E-state index < -0.39 is 0 Å². The summed E-state index contributed by atoms with van der Waals surface area (Å²) < 4.78 is 5.46. The van der Waals surface area contributed by atoms with E-state index in [-0.39, 0.29) is 29.4 Å². The standard InChI is InChI=1S/C25H37N3O3/c1-25-16-21(18-9-8-12-20(15-18)31-2)28(22(25)13-6-7-14-23(29)27-25)17-24(30)26-19-10-4-3-5-11-19/h8-9,12,15,19,21-22H,3-7,10-11,13-14,16-17H2,1-2H3,(H,26,30)(H,27,29)/t21-,22-,25-/m0/s1. The molecule has 31 heavy (non-hydrogen) atoms. The summed E-state index contributed by atoms with van der Waals surface area (Å²) in [6.45, 7) is 2.53. The van der Waals surface area contributed by atoms with E-state index in [9.17, 15) is 9.59 Å². The van der Waals surface area contributed by atoms with Crippen molar-refractivity contribution < 1.29 is 14.3 Å². The van der Waals surface area contributed by atoms with Crippen LogP contribution in [0.3, 0.4) is 0 Å². The van der Waals surface area contributed by atoms with Crippen molar-refractivity contribution in [3.63, 3.8) is 0 Å². The fourth-order valence-corrected chi connectivity index (χ4v) is 5.93. The average molecular weight is 428 g/mol. The van der Waals surface area contributed by atoms with Gasteiger partial charge in [0.05, 0.1) is 19.2 Å². The lowest BCUT2D eigenvalue weighted by atomic mass is 9.85. The summed E-state index contributed by atoms with van der Waals surface area (Å²) in [7, 11) is 1.68. The number of hydrogen-bond acceptors (Lipinski definition) is 4. The zero-order valence-corrected chi connectivity index (χ0v) is 19.0. The predicted octanol–water partition coefficient (Wildman–Crippen LogP) is 3.71. The van der Waals surface area contributed by atoms with Gasteiger partial charge in [-0.05, 0) is 56.7 Å². The van der Waals surface area contributed by atoms with Gasteiger partial charge >= 0.3 is 0 Å². The number of rotatable bonds is 5. The Hall–Kier alpha value is -2.08. The van der Waals surface area contributed by atoms with Crippen molar-refractivity contribution in [2.45, 2.75) is 94.8 Å². The first-order chi connectivity index (χ1) is 15.0. The van der Waals surface area contributed by atoms with Gasteiger partial charge in [0.15, 0.2) is 0 Å². The second-order valence-electron chi connectivity index (χ2n) is 9.80. The van der Waals surface area contributed by atoms with E-state index >= 15 is 0 Å². The van der Waals surface area contributed by atoms with Crippen molar-refractivity contribution in [3.05, 3.63) is 29.8 Å². The molecule has 4 rings (SSSR count). The van der Waals surface area contributed by atoms with Crippen LogP contribution in [0.2, 0.25) is 0 Å². The smallest absolute Gasteiger partial charge is 0.234 e. The zero-order valence-electron chi connectivity index (χ0n) is 19.0. The Morgan fingerprint density at radius 1 is 1.19 bits per heavy atom. The normalized spacial score (nSPS) is 30.1. The van der Waals surface area contributed by atoms with Crippen molar-refractivity contribution in [1.82, 2.24) is 15.5 Å². The maximum Gasteiger partial charge on any atom is 0.234 e. The third kappa shape index (κ3) is 5.05. The molecule has 0 unspecified atom stereocenters. The number of ether oxygens (including phenoxy) is 1. The number of amides is 2. The molecule has 0 bridgehead atoms. The average Bonchev–Trinajstić information content (AvgIpc) is 3.01. The molecule has 3 atom stereocenters. The molecular formula is C25H37N3O3. The van der Waals surface area contributed by atoms with E-state index in [0.29, 0.717) is 19.0 Å². The Balaban J connectivity index is 1.59. The summed E-state index contributed by atoms with van der Waals surface area (Å²) in [5, 5.41) is 6.62. The van der Waals surface area contributed by atoms with E-state index in [1.54, 1.807) is 7.11 Å². The molecule has 2 saturated heterocycles. The Kier molecular flexibility index (Phi) is 6.85. The SMILES string of the molecule is COc1cccc([C@@H]2C[C@]3(C)NC(=O)CCCC[C@@H]3N2CC(=O)NC2CCCCC2)c1. The highest BCUT2D eigenvalue weighted by atomic mass is 16.5. The fraction of sp³-hybridized carbons (Fsp3) is 0.680. The van der Waals surface area contributed by atoms with Gasteiger partial charge in [0.1, 0.15) is 5.75 Å². The highest BCUT2D eigenvalue weighted by Gasteiger charge is 2.51. The number of hydrogen-bond donors (Lipinski definition) is 2. The number of fused-ring (bicyclic) bond motifs is 1. The molecule has 2 aliphatic heterocycles. The molecule has 2 amide bonds. The summed E-state index contributed by atoms with van der Waals surface area (Å²) in [6, 6.07) is 8.67. The van der Waals surface area contributed by atoms with Gasteiger partial charge in [-0.3, -0.25) is 14.5 Å². The first kappa shape index (κ1) is 22.1. The van der Waals surface area contributed by atoms with Gasteiger partial charge in [-0.1, -0.05) is 37.8 Å². The molecule has 0 spiro atoms. The van der Waals surface area contributed by atoms with E-state index in [0.717, 1.165) is 49.8 Å². The maximum atomic E-state index is 13.1. The third-order valence-corrected chi connectivity index (χ3v) is 7.48. The van der Waals surface area contributed by atoms with Crippen molar-refractivity contribution in [3.8, 4) is 5.75 Å². The number of likely N-dealkylation sites (tertiary alicyclic amines) is 1. The highest BCUT2D eigenvalue weighted by molar-refractivity contribution is 5.79. The molecule has 0 radical (unpaired) electrons. The predicted molar refractivity (Wildman–Crippen MR) is 121 cm³/mol. The first-order valence-electron chi connectivity index (χ1n) is 12.0. The number of methoxy groups -OCH3 is 1. The molecule has 6 nitrogen and oxygen atoms in total. The summed E-state index contributed by atoms with van der Waals surface area (Å²) in [5.74, 6) is 1.06. The lowest BCUT2D eigenvalue weighted by Gasteiger charge is -2.38. The van der Waals surface area contributed by atoms with E-state index in [2.05, 4.69) is 34.6 Å². The first-order valence-corrected chi connectivity index (χ1v) is 12.0. The largest absolute Gasteiger partial charge is 0.497 e. The van der Waals surface area contributed by atoms with Crippen molar-refractivity contribution in [2.24, 2.45) is 0 Å². The van der Waals surface area contributed by atoms with Crippen LogP contribution >= 0.6 is 0 Å². The second-order valence-corrected chi connectivity index (χ2v) is 9.80. The monoisotopic (exact) mass is 427 g/mol. The molecule has 6 heteroatoms. The minimum atomic E-state index is -0.337. The van der Waals surface area contributed by atoms with Crippen molar-refractivity contribution in [2.75, 3.05) is 13.7 Å². The molecule has 2 heterocycles. The van der Waals surface area contributed by atoms with Gasteiger partial charge in [-0.2, -0.15) is 0 Å². The minimum absolute atomic E-state index is 0.0700. The number of benzene rings is 1. The summed E-state index contributed by atoms with van der Waals surface area (Å²) >= 11 is 0. The van der Waals surface area contributed by atoms with Crippen LogP contribution in [-0.2, 0) is 9.59 Å². The van der Waals surface area contributed by atoms with E-state index in [1.807, 2.05) is 12.1 Å². The van der Waals surface area contributed by atoms with Crippen LogP contribution in [-0.4, -0.2) is 48.0 Å². The van der Waals surface area contributed by atoms with Crippen LogP contribution in [0.4, 0.5) is 0 Å². The number of carbonyl (C=O) groups is 2. The number of carbonyl (C=O) groups excluding carboxylic acids is 2. The Labute approximate surface area is 186 Å². The second kappa shape index (κ2) is 9.60. The van der Waals surface area contributed by atoms with Crippen LogP contribution in [0.15, 0.2) is 24.3 Å². The zero-order chi connectivity index (χ0) is 21.8. The molecule has 1 aliphatic carbocycles. The highest BCUT2D eigenvalue weighted by Crippen LogP contribution is 2.45. The van der Waals surface area contributed by atoms with E-state index in [1.165, 1.54) is 19.3 Å². The Morgan fingerprint density at radius 3 is 2.74 bits per heavy atom. The molecule has 1 aromatic carbocycles. The molecule has 3 aliphatic rings. The Bertz CT molecular complexity index is 792. The van der Waals surface area contributed by atoms with Gasteiger partial charge in [0, 0.05) is 24.5 Å². The quantitative estimate of drug-likeness (QED) is 0.752. The molecule has 1 saturated carbocycles. The van der Waals surface area contributed by atoms with E-state index in [4.69, 9.17) is 4.74 Å². The van der Waals surface area contributed by atoms with Gasteiger partial charge in [0.2, 0.25) is 11.8 Å². The molecule has 2 N–H and O–H groups in total. The Morgan fingerprint density at radius 2 is 1.97 bits per heavy atom. The topological polar surface area (TPSA) is 70.7 Å². The lowest BCUT2D eigenvalue weighted by molar-refractivity contribution is -0.124. The molecular weight excluding hydrogens is 390 g/mol. The third-order valence-electron chi connectivity index (χ3n) is 7.48. The van der Waals surface area contributed by atoms with Crippen LogP contribution in [0, 0.1) is 0 Å². The van der Waals surface area contributed by atoms with Crippen LogP contribution in [0.1, 0.15) is 82.7 Å². The molecule has 3 fully saturated rings. The summed E-state index contributed by atoms with van der Waals surface area (Å²) in [5.41, 5.74) is 0.808. The van der Waals surface area contributed by atoms with Gasteiger partial charge in [0.25, 0.3) is 0 Å². The van der Waals surface area contributed by atoms with Gasteiger partial charge < -0.3 is 15.4 Å². The number of nitrogens with one attached hydrogen (secondary N) is 2. The molecule has 1 aromatic rings. The minimum Gasteiger partial charge on any atom is -0.497 e. The number of nitrogens with zero attached hydrogens (tertiary/aromatic N) is 1. The maximum absolute atomic E-state index is 13.1. The molecule has 0 aromatic heterocycles. The van der Waals surface area contributed by atoms with Crippen LogP contribution in [0.5, 0.6) is 5.75 Å². The van der Waals surface area contributed by atoms with Crippen LogP contribution < -0.4 is 15.4 Å². The van der Waals surface area contributed by atoms with Gasteiger partial charge in [-0.15, -0.1) is 0 Å². The summed E-state index contributed by atoms with van der Waals surface area (Å²) in [4.78, 5) is 27.9. The molecule has 170 valence electrons. The van der Waals surface area contributed by atoms with Crippen LogP contribution in [0.25, 0.3) is 0 Å². The van der Waals surface area contributed by atoms with Crippen molar-refractivity contribution in [1.29, 1.82) is 0 Å². The fourth-order valence-electron chi connectivity index (χ4n) is 5.93.